The van der Waals surface area contributed by atoms with Gasteiger partial charge in [0, 0.05) is 13.1 Å². The Morgan fingerprint density at radius 1 is 1.59 bits per heavy atom. The van der Waals surface area contributed by atoms with E-state index in [1.807, 2.05) is 6.07 Å². The van der Waals surface area contributed by atoms with Gasteiger partial charge in [0.1, 0.15) is 11.6 Å². The Hall–Kier alpha value is -1.91. The Morgan fingerprint density at radius 2 is 2.29 bits per heavy atom. The second-order valence-corrected chi connectivity index (χ2v) is 3.79. The van der Waals surface area contributed by atoms with Gasteiger partial charge in [0.15, 0.2) is 6.54 Å². The number of esters is 1. The lowest BCUT2D eigenvalue weighted by molar-refractivity contribution is -0.463. The van der Waals surface area contributed by atoms with Crippen LogP contribution >= 0.6 is 0 Å². The maximum atomic E-state index is 11.8. The summed E-state index contributed by atoms with van der Waals surface area (Å²) < 4.78 is 5.34. The summed E-state index contributed by atoms with van der Waals surface area (Å²) in [7, 11) is 1.31. The molecule has 1 rings (SSSR count). The highest BCUT2D eigenvalue weighted by molar-refractivity contribution is 5.92. The predicted molar refractivity (Wildman–Crippen MR) is 63.7 cm³/mol. The van der Waals surface area contributed by atoms with Crippen molar-refractivity contribution in [3.8, 4) is 0 Å². The molecular weight excluding hydrogens is 220 g/mol. The summed E-state index contributed by atoms with van der Waals surface area (Å²) in [5.41, 5.74) is 1.10. The molecule has 0 saturated carbocycles. The third-order valence-corrected chi connectivity index (χ3v) is 2.45. The molecule has 1 atom stereocenters. The standard InChI is InChI=1S/C12H16N2O3/c1-9(12(15)17-3)8-14(16)10(2)11-6-4-5-7-13-11/h4-7,9H,8H2,1-3H3/b14-10+. The van der Waals surface area contributed by atoms with Crippen LogP contribution in [0.4, 0.5) is 0 Å². The summed E-state index contributed by atoms with van der Waals surface area (Å²) in [5, 5.41) is 11.8. The van der Waals surface area contributed by atoms with E-state index in [9.17, 15) is 10.0 Å². The van der Waals surface area contributed by atoms with Gasteiger partial charge in [0.05, 0.1) is 7.11 Å². The number of ether oxygens (including phenoxy) is 1. The van der Waals surface area contributed by atoms with E-state index in [2.05, 4.69) is 9.72 Å². The third kappa shape index (κ3) is 3.55. The lowest BCUT2D eigenvalue weighted by Gasteiger charge is -2.11. The van der Waals surface area contributed by atoms with Crippen LogP contribution in [0.25, 0.3) is 0 Å². The van der Waals surface area contributed by atoms with Crippen molar-refractivity contribution in [2.24, 2.45) is 5.92 Å². The van der Waals surface area contributed by atoms with Gasteiger partial charge in [-0.25, -0.2) is 4.74 Å². The van der Waals surface area contributed by atoms with Crippen molar-refractivity contribution >= 4 is 11.7 Å². The second kappa shape index (κ2) is 5.98. The van der Waals surface area contributed by atoms with E-state index in [0.717, 1.165) is 4.74 Å². The van der Waals surface area contributed by atoms with Gasteiger partial charge in [-0.15, -0.1) is 0 Å². The van der Waals surface area contributed by atoms with E-state index < -0.39 is 5.92 Å². The molecule has 5 nitrogen and oxygen atoms in total. The summed E-state index contributed by atoms with van der Waals surface area (Å²) in [6.45, 7) is 3.40. The van der Waals surface area contributed by atoms with Crippen molar-refractivity contribution in [1.82, 2.24) is 4.98 Å². The second-order valence-electron chi connectivity index (χ2n) is 3.79. The Bertz CT molecular complexity index is 415. The Labute approximate surface area is 100 Å². The zero-order valence-corrected chi connectivity index (χ0v) is 10.2. The molecule has 1 aromatic heterocycles. The molecule has 0 spiro atoms. The number of aromatic nitrogens is 1. The van der Waals surface area contributed by atoms with Crippen molar-refractivity contribution in [2.75, 3.05) is 13.7 Å². The molecule has 0 fully saturated rings. The van der Waals surface area contributed by atoms with E-state index in [1.54, 1.807) is 32.2 Å². The van der Waals surface area contributed by atoms with Gasteiger partial charge in [-0.05, 0) is 19.1 Å². The number of carbonyl (C=O) groups is 1. The van der Waals surface area contributed by atoms with Gasteiger partial charge in [-0.3, -0.25) is 9.78 Å². The molecule has 0 amide bonds. The molecule has 5 heteroatoms. The van der Waals surface area contributed by atoms with Crippen LogP contribution in [-0.2, 0) is 9.53 Å². The third-order valence-electron chi connectivity index (χ3n) is 2.45. The van der Waals surface area contributed by atoms with E-state index >= 15 is 0 Å². The number of hydroxylamine groups is 1. The topological polar surface area (TPSA) is 65.3 Å². The summed E-state index contributed by atoms with van der Waals surface area (Å²) >= 11 is 0. The van der Waals surface area contributed by atoms with E-state index in [1.165, 1.54) is 7.11 Å². The van der Waals surface area contributed by atoms with Crippen molar-refractivity contribution in [1.29, 1.82) is 0 Å². The lowest BCUT2D eigenvalue weighted by Crippen LogP contribution is -2.26. The fraction of sp³-hybridized carbons (Fsp3) is 0.417. The average Bonchev–Trinajstić information content (AvgIpc) is 2.37. The zero-order valence-electron chi connectivity index (χ0n) is 10.2. The summed E-state index contributed by atoms with van der Waals surface area (Å²) in [6.07, 6.45) is 1.62. The molecule has 1 aromatic rings. The van der Waals surface area contributed by atoms with Gasteiger partial charge >= 0.3 is 5.97 Å². The summed E-state index contributed by atoms with van der Waals surface area (Å²) in [5.74, 6) is -0.851. The van der Waals surface area contributed by atoms with Crippen molar-refractivity contribution < 1.29 is 14.3 Å². The SMILES string of the molecule is COC(=O)C(C)C/[N+]([O-])=C(/C)c1ccccn1. The van der Waals surface area contributed by atoms with Crippen molar-refractivity contribution in [3.63, 3.8) is 0 Å². The fourth-order valence-corrected chi connectivity index (χ4v) is 1.37. The number of carbonyl (C=O) groups excluding carboxylic acids is 1. The molecule has 0 N–H and O–H groups in total. The summed E-state index contributed by atoms with van der Waals surface area (Å²) in [4.78, 5) is 15.3. The fourth-order valence-electron chi connectivity index (χ4n) is 1.37. The first-order chi connectivity index (χ1) is 8.06. The molecule has 1 heterocycles. The van der Waals surface area contributed by atoms with Crippen molar-refractivity contribution in [3.05, 3.63) is 35.3 Å². The normalized spacial score (nSPS) is 13.8. The first-order valence-electron chi connectivity index (χ1n) is 5.33. The van der Waals surface area contributed by atoms with Crippen LogP contribution in [0.15, 0.2) is 24.4 Å². The molecule has 0 radical (unpaired) electrons. The van der Waals surface area contributed by atoms with Crippen LogP contribution in [0, 0.1) is 11.1 Å². The first-order valence-corrected chi connectivity index (χ1v) is 5.33. The molecule has 0 saturated heterocycles. The van der Waals surface area contributed by atoms with Crippen LogP contribution in [-0.4, -0.2) is 35.1 Å². The molecular formula is C12H16N2O3. The number of hydrogen-bond donors (Lipinski definition) is 0. The number of pyridine rings is 1. The van der Waals surface area contributed by atoms with Gasteiger partial charge in [0.25, 0.3) is 0 Å². The minimum atomic E-state index is -0.462. The van der Waals surface area contributed by atoms with Crippen LogP contribution in [0.3, 0.4) is 0 Å². The number of methoxy groups -OCH3 is 1. The molecule has 0 bridgehead atoms. The molecule has 1 unspecified atom stereocenters. The first kappa shape index (κ1) is 13.2. The van der Waals surface area contributed by atoms with Crippen LogP contribution in [0.5, 0.6) is 0 Å². The Morgan fingerprint density at radius 3 is 2.82 bits per heavy atom. The quantitative estimate of drug-likeness (QED) is 0.259. The molecule has 0 aliphatic rings. The lowest BCUT2D eigenvalue weighted by atomic mass is 10.2. The van der Waals surface area contributed by atoms with Crippen molar-refractivity contribution in [2.45, 2.75) is 13.8 Å². The summed E-state index contributed by atoms with van der Waals surface area (Å²) in [6, 6.07) is 5.34. The average molecular weight is 236 g/mol. The molecule has 0 aromatic carbocycles. The minimum absolute atomic E-state index is 0.0646. The number of hydrogen-bond acceptors (Lipinski definition) is 4. The highest BCUT2D eigenvalue weighted by Crippen LogP contribution is 2.01. The van der Waals surface area contributed by atoms with Gasteiger partial charge < -0.3 is 9.94 Å². The number of rotatable bonds is 4. The zero-order chi connectivity index (χ0) is 12.8. The Kier molecular flexibility index (Phi) is 4.63. The van der Waals surface area contributed by atoms with E-state index in [0.29, 0.717) is 11.4 Å². The Balaban J connectivity index is 2.81. The van der Waals surface area contributed by atoms with Crippen LogP contribution in [0.1, 0.15) is 19.5 Å². The van der Waals surface area contributed by atoms with Gasteiger partial charge in [-0.1, -0.05) is 6.07 Å². The maximum absolute atomic E-state index is 11.8. The highest BCUT2D eigenvalue weighted by Gasteiger charge is 2.19. The van der Waals surface area contributed by atoms with Crippen LogP contribution in [0.2, 0.25) is 0 Å². The highest BCUT2D eigenvalue weighted by atomic mass is 16.5. The largest absolute Gasteiger partial charge is 0.624 e. The smallest absolute Gasteiger partial charge is 0.314 e. The van der Waals surface area contributed by atoms with Crippen LogP contribution < -0.4 is 0 Å². The van der Waals surface area contributed by atoms with E-state index in [4.69, 9.17) is 0 Å². The molecule has 17 heavy (non-hydrogen) atoms. The molecule has 0 aliphatic carbocycles. The van der Waals surface area contributed by atoms with Gasteiger partial charge in [0.2, 0.25) is 5.71 Å². The predicted octanol–water partition coefficient (Wildman–Crippen LogP) is 1.21. The maximum Gasteiger partial charge on any atom is 0.314 e. The minimum Gasteiger partial charge on any atom is -0.624 e. The van der Waals surface area contributed by atoms with E-state index in [-0.39, 0.29) is 12.5 Å². The van der Waals surface area contributed by atoms with Gasteiger partial charge in [-0.2, -0.15) is 0 Å². The molecule has 0 aliphatic heterocycles. The monoisotopic (exact) mass is 236 g/mol. The molecule has 92 valence electrons. The number of nitrogens with zero attached hydrogens (tertiary/aromatic N) is 2.